The third-order valence-corrected chi connectivity index (χ3v) is 5.96. The number of carbonyl (C=O) groups is 1. The zero-order chi connectivity index (χ0) is 20.4. The lowest BCUT2D eigenvalue weighted by molar-refractivity contribution is -0.124. The van der Waals surface area contributed by atoms with Crippen molar-refractivity contribution in [1.82, 2.24) is 24.6 Å². The van der Waals surface area contributed by atoms with Crippen LogP contribution in [0.3, 0.4) is 0 Å². The standard InChI is InChI=1S/C22H29N5O2/c1-3-18(21(28)23-11-8-14-26-12-6-7-13-26)27-19-10-5-4-9-16(19)17-15-24-25(2)22(29)20(17)27/h4-5,9-10,15,18H,3,6-8,11-14H2,1-2H3,(H,23,28)/t18-/m0/s1. The van der Waals surface area contributed by atoms with Gasteiger partial charge in [-0.2, -0.15) is 5.10 Å². The number of nitrogens with zero attached hydrogens (tertiary/aromatic N) is 4. The van der Waals surface area contributed by atoms with Gasteiger partial charge in [-0.25, -0.2) is 4.68 Å². The number of amides is 1. The van der Waals surface area contributed by atoms with Gasteiger partial charge in [0.25, 0.3) is 5.56 Å². The second kappa shape index (κ2) is 8.37. The van der Waals surface area contributed by atoms with E-state index in [4.69, 9.17) is 0 Å². The molecule has 1 fully saturated rings. The molecule has 7 nitrogen and oxygen atoms in total. The monoisotopic (exact) mass is 395 g/mol. The molecule has 0 aliphatic carbocycles. The summed E-state index contributed by atoms with van der Waals surface area (Å²) in [5, 5.41) is 9.03. The summed E-state index contributed by atoms with van der Waals surface area (Å²) in [6, 6.07) is 7.41. The van der Waals surface area contributed by atoms with Crippen molar-refractivity contribution in [2.24, 2.45) is 7.05 Å². The highest BCUT2D eigenvalue weighted by molar-refractivity contribution is 6.08. The van der Waals surface area contributed by atoms with Gasteiger partial charge in [0.15, 0.2) is 0 Å². The van der Waals surface area contributed by atoms with E-state index in [9.17, 15) is 9.59 Å². The molecule has 1 N–H and O–H groups in total. The molecule has 1 aromatic carbocycles. The molecule has 154 valence electrons. The zero-order valence-corrected chi connectivity index (χ0v) is 17.2. The van der Waals surface area contributed by atoms with Crippen LogP contribution < -0.4 is 10.9 Å². The van der Waals surface area contributed by atoms with Gasteiger partial charge in [0.1, 0.15) is 11.6 Å². The van der Waals surface area contributed by atoms with Crippen molar-refractivity contribution >= 4 is 27.7 Å². The lowest BCUT2D eigenvalue weighted by Crippen LogP contribution is -2.35. The topological polar surface area (TPSA) is 72.2 Å². The van der Waals surface area contributed by atoms with Crippen molar-refractivity contribution in [3.63, 3.8) is 0 Å². The molecular formula is C22H29N5O2. The van der Waals surface area contributed by atoms with Gasteiger partial charge >= 0.3 is 0 Å². The first kappa shape index (κ1) is 19.6. The quantitative estimate of drug-likeness (QED) is 0.624. The van der Waals surface area contributed by atoms with Gasteiger partial charge < -0.3 is 14.8 Å². The Morgan fingerprint density at radius 1 is 1.21 bits per heavy atom. The Morgan fingerprint density at radius 3 is 2.72 bits per heavy atom. The average molecular weight is 396 g/mol. The number of hydrogen-bond donors (Lipinski definition) is 1. The van der Waals surface area contributed by atoms with Crippen molar-refractivity contribution < 1.29 is 4.79 Å². The molecule has 3 aromatic rings. The summed E-state index contributed by atoms with van der Waals surface area (Å²) in [6.07, 6.45) is 5.83. The van der Waals surface area contributed by atoms with Crippen molar-refractivity contribution in [3.8, 4) is 0 Å². The second-order valence-corrected chi connectivity index (χ2v) is 7.84. The Morgan fingerprint density at radius 2 is 1.97 bits per heavy atom. The van der Waals surface area contributed by atoms with Crippen molar-refractivity contribution in [2.45, 2.75) is 38.6 Å². The Kier molecular flexibility index (Phi) is 5.67. The van der Waals surface area contributed by atoms with Crippen LogP contribution in [-0.4, -0.2) is 51.3 Å². The minimum absolute atomic E-state index is 0.0320. The predicted octanol–water partition coefficient (Wildman–Crippen LogP) is 2.44. The average Bonchev–Trinajstić information content (AvgIpc) is 3.36. The fourth-order valence-electron chi connectivity index (χ4n) is 4.44. The summed E-state index contributed by atoms with van der Waals surface area (Å²) in [5.41, 5.74) is 1.26. The van der Waals surface area contributed by atoms with Crippen molar-refractivity contribution in [3.05, 3.63) is 40.8 Å². The van der Waals surface area contributed by atoms with Crippen LogP contribution in [0.5, 0.6) is 0 Å². The van der Waals surface area contributed by atoms with Gasteiger partial charge in [-0.15, -0.1) is 0 Å². The Balaban J connectivity index is 1.62. The fraction of sp³-hybridized carbons (Fsp3) is 0.500. The Labute approximate surface area is 170 Å². The molecular weight excluding hydrogens is 366 g/mol. The summed E-state index contributed by atoms with van der Waals surface area (Å²) in [4.78, 5) is 28.4. The summed E-state index contributed by atoms with van der Waals surface area (Å²) < 4.78 is 3.24. The highest BCUT2D eigenvalue weighted by Crippen LogP contribution is 2.30. The number of para-hydroxylation sites is 1. The Bertz CT molecular complexity index is 1080. The van der Waals surface area contributed by atoms with E-state index >= 15 is 0 Å². The molecule has 0 saturated carbocycles. The van der Waals surface area contributed by atoms with E-state index in [2.05, 4.69) is 15.3 Å². The molecule has 2 aromatic heterocycles. The van der Waals surface area contributed by atoms with Gasteiger partial charge in [-0.3, -0.25) is 9.59 Å². The maximum atomic E-state index is 13.1. The van der Waals surface area contributed by atoms with Crippen LogP contribution in [0.15, 0.2) is 35.3 Å². The summed E-state index contributed by atoms with van der Waals surface area (Å²) in [7, 11) is 1.64. The van der Waals surface area contributed by atoms with E-state index in [0.717, 1.165) is 29.3 Å². The summed E-state index contributed by atoms with van der Waals surface area (Å²) in [6.45, 7) is 6.01. The maximum Gasteiger partial charge on any atom is 0.291 e. The van der Waals surface area contributed by atoms with Crippen molar-refractivity contribution in [2.75, 3.05) is 26.2 Å². The first-order chi connectivity index (χ1) is 14.1. The van der Waals surface area contributed by atoms with Gasteiger partial charge in [0, 0.05) is 24.4 Å². The summed E-state index contributed by atoms with van der Waals surface area (Å²) in [5.74, 6) is -0.0320. The molecule has 1 atom stereocenters. The molecule has 29 heavy (non-hydrogen) atoms. The molecule has 0 radical (unpaired) electrons. The first-order valence-corrected chi connectivity index (χ1v) is 10.6. The molecule has 0 unspecified atom stereocenters. The van der Waals surface area contributed by atoms with Gasteiger partial charge in [0.2, 0.25) is 5.91 Å². The molecule has 1 amide bonds. The third-order valence-electron chi connectivity index (χ3n) is 5.96. The largest absolute Gasteiger partial charge is 0.354 e. The number of likely N-dealkylation sites (tertiary alicyclic amines) is 1. The van der Waals surface area contributed by atoms with E-state index in [-0.39, 0.29) is 11.5 Å². The number of rotatable bonds is 7. The molecule has 0 spiro atoms. The molecule has 7 heteroatoms. The number of aryl methyl sites for hydroxylation is 1. The number of aromatic nitrogens is 3. The lowest BCUT2D eigenvalue weighted by Gasteiger charge is -2.20. The number of carbonyl (C=O) groups excluding carboxylic acids is 1. The molecule has 0 bridgehead atoms. The molecule has 1 aliphatic heterocycles. The van der Waals surface area contributed by atoms with Crippen LogP contribution in [0.2, 0.25) is 0 Å². The van der Waals surface area contributed by atoms with E-state index < -0.39 is 6.04 Å². The van der Waals surface area contributed by atoms with E-state index in [1.807, 2.05) is 35.8 Å². The lowest BCUT2D eigenvalue weighted by atomic mass is 10.2. The normalized spacial score (nSPS) is 15.9. The number of hydrogen-bond acceptors (Lipinski definition) is 4. The number of fused-ring (bicyclic) bond motifs is 3. The molecule has 3 heterocycles. The van der Waals surface area contributed by atoms with E-state index in [1.54, 1.807) is 13.2 Å². The second-order valence-electron chi connectivity index (χ2n) is 7.84. The molecule has 1 aliphatic rings. The van der Waals surface area contributed by atoms with Crippen LogP contribution in [0.25, 0.3) is 21.8 Å². The van der Waals surface area contributed by atoms with Crippen LogP contribution in [0.4, 0.5) is 0 Å². The van der Waals surface area contributed by atoms with Gasteiger partial charge in [-0.1, -0.05) is 25.1 Å². The van der Waals surface area contributed by atoms with Crippen LogP contribution >= 0.6 is 0 Å². The maximum absolute atomic E-state index is 13.1. The van der Waals surface area contributed by atoms with E-state index in [0.29, 0.717) is 18.5 Å². The summed E-state index contributed by atoms with van der Waals surface area (Å²) >= 11 is 0. The van der Waals surface area contributed by atoms with Gasteiger partial charge in [0.05, 0.1) is 11.7 Å². The number of nitrogens with one attached hydrogen (secondary N) is 1. The minimum Gasteiger partial charge on any atom is -0.354 e. The number of benzene rings is 1. The van der Waals surface area contributed by atoms with Crippen LogP contribution in [0, 0.1) is 0 Å². The minimum atomic E-state index is -0.431. The third kappa shape index (κ3) is 3.67. The van der Waals surface area contributed by atoms with Gasteiger partial charge in [-0.05, 0) is 51.4 Å². The zero-order valence-electron chi connectivity index (χ0n) is 17.2. The highest BCUT2D eigenvalue weighted by atomic mass is 16.2. The van der Waals surface area contributed by atoms with Crippen molar-refractivity contribution in [1.29, 1.82) is 0 Å². The predicted molar refractivity (Wildman–Crippen MR) is 115 cm³/mol. The molecule has 4 rings (SSSR count). The Hall–Kier alpha value is -2.67. The van der Waals surface area contributed by atoms with Crippen LogP contribution in [-0.2, 0) is 11.8 Å². The van der Waals surface area contributed by atoms with E-state index in [1.165, 1.54) is 30.6 Å². The first-order valence-electron chi connectivity index (χ1n) is 10.6. The highest BCUT2D eigenvalue weighted by Gasteiger charge is 2.25. The molecule has 1 saturated heterocycles. The smallest absolute Gasteiger partial charge is 0.291 e. The van der Waals surface area contributed by atoms with Crippen LogP contribution in [0.1, 0.15) is 38.6 Å². The fourth-order valence-corrected chi connectivity index (χ4v) is 4.44. The SMILES string of the molecule is CC[C@@H](C(=O)NCCCN1CCCC1)n1c2ccccc2c2cnn(C)c(=O)c21.